The van der Waals surface area contributed by atoms with Crippen molar-refractivity contribution in [3.63, 3.8) is 0 Å². The molecule has 1 aromatic heterocycles. The van der Waals surface area contributed by atoms with E-state index in [1.54, 1.807) is 6.26 Å². The van der Waals surface area contributed by atoms with Crippen molar-refractivity contribution in [1.29, 1.82) is 0 Å². The van der Waals surface area contributed by atoms with Crippen molar-refractivity contribution in [2.24, 2.45) is 4.99 Å². The van der Waals surface area contributed by atoms with Crippen molar-refractivity contribution >= 4 is 29.9 Å². The van der Waals surface area contributed by atoms with Crippen molar-refractivity contribution in [2.75, 3.05) is 53.4 Å². The lowest BCUT2D eigenvalue weighted by Gasteiger charge is -2.47. The minimum Gasteiger partial charge on any atom is -0.364 e. The van der Waals surface area contributed by atoms with Crippen LogP contribution in [-0.4, -0.2) is 85.2 Å². The third-order valence-corrected chi connectivity index (χ3v) is 4.35. The van der Waals surface area contributed by atoms with Crippen molar-refractivity contribution in [3.8, 4) is 0 Å². The second kappa shape index (κ2) is 8.11. The molecule has 0 amide bonds. The number of aliphatic imine (C=N–C) groups is 1. The Morgan fingerprint density at radius 3 is 2.77 bits per heavy atom. The summed E-state index contributed by atoms with van der Waals surface area (Å²) in [5.74, 6) is 0.899. The van der Waals surface area contributed by atoms with Crippen LogP contribution in [0.4, 0.5) is 0 Å². The third-order valence-electron chi connectivity index (χ3n) is 4.35. The molecule has 0 aromatic carbocycles. The molecule has 0 spiro atoms. The summed E-state index contributed by atoms with van der Waals surface area (Å²) in [4.78, 5) is 11.6. The molecule has 1 aromatic rings. The maximum absolute atomic E-state index is 4.87. The highest BCUT2D eigenvalue weighted by atomic mass is 127. The third kappa shape index (κ3) is 4.11. The van der Waals surface area contributed by atoms with Gasteiger partial charge in [0.1, 0.15) is 12.0 Å². The van der Waals surface area contributed by atoms with Crippen molar-refractivity contribution < 1.29 is 4.52 Å². The standard InChI is InChI=1S/C14H24N6O.HI/c1-15-14(18(2)10-12-3-8-21-17-12)16-9-13-11-19-4-6-20(13)7-5-19;/h3,8,13H,4-7,9-11H2,1-2H3,(H,15,16);1H. The fraction of sp³-hybridized carbons (Fsp3) is 0.714. The van der Waals surface area contributed by atoms with Crippen LogP contribution in [0.3, 0.4) is 0 Å². The van der Waals surface area contributed by atoms with Gasteiger partial charge >= 0.3 is 0 Å². The van der Waals surface area contributed by atoms with Crippen LogP contribution >= 0.6 is 24.0 Å². The average molecular weight is 420 g/mol. The summed E-state index contributed by atoms with van der Waals surface area (Å²) in [6.45, 7) is 7.62. The van der Waals surface area contributed by atoms with Gasteiger partial charge in [-0.3, -0.25) is 14.8 Å². The number of nitrogens with zero attached hydrogens (tertiary/aromatic N) is 5. The molecule has 0 radical (unpaired) electrons. The molecule has 0 saturated carbocycles. The topological polar surface area (TPSA) is 60.1 Å². The second-order valence-corrected chi connectivity index (χ2v) is 5.77. The second-order valence-electron chi connectivity index (χ2n) is 5.77. The zero-order valence-electron chi connectivity index (χ0n) is 13.2. The molecule has 4 rings (SSSR count). The van der Waals surface area contributed by atoms with E-state index in [0.29, 0.717) is 12.6 Å². The summed E-state index contributed by atoms with van der Waals surface area (Å²) < 4.78 is 4.87. The normalized spacial score (nSPS) is 27.4. The molecule has 1 unspecified atom stereocenters. The zero-order chi connectivity index (χ0) is 14.7. The van der Waals surface area contributed by atoms with E-state index >= 15 is 0 Å². The molecule has 8 heteroatoms. The van der Waals surface area contributed by atoms with Crippen molar-refractivity contribution in [3.05, 3.63) is 18.0 Å². The minimum absolute atomic E-state index is 0. The summed E-state index contributed by atoms with van der Waals surface area (Å²) in [5.41, 5.74) is 0.909. The first-order valence-electron chi connectivity index (χ1n) is 7.53. The van der Waals surface area contributed by atoms with E-state index in [1.165, 1.54) is 26.2 Å². The van der Waals surface area contributed by atoms with Gasteiger partial charge in [-0.1, -0.05) is 5.16 Å². The Morgan fingerprint density at radius 2 is 2.23 bits per heavy atom. The maximum atomic E-state index is 4.87. The lowest BCUT2D eigenvalue weighted by Crippen LogP contribution is -2.63. The lowest BCUT2D eigenvalue weighted by atomic mass is 10.1. The van der Waals surface area contributed by atoms with E-state index in [4.69, 9.17) is 4.52 Å². The first-order valence-corrected chi connectivity index (χ1v) is 7.53. The van der Waals surface area contributed by atoms with Crippen molar-refractivity contribution in [2.45, 2.75) is 12.6 Å². The van der Waals surface area contributed by atoms with E-state index in [0.717, 1.165) is 24.7 Å². The summed E-state index contributed by atoms with van der Waals surface area (Å²) in [6.07, 6.45) is 1.60. The number of fused-ring (bicyclic) bond motifs is 3. The highest BCUT2D eigenvalue weighted by Crippen LogP contribution is 2.14. The van der Waals surface area contributed by atoms with Crippen LogP contribution in [0.2, 0.25) is 0 Å². The van der Waals surface area contributed by atoms with Gasteiger partial charge < -0.3 is 14.7 Å². The van der Waals surface area contributed by atoms with E-state index < -0.39 is 0 Å². The van der Waals surface area contributed by atoms with Crippen molar-refractivity contribution in [1.82, 2.24) is 25.2 Å². The molecule has 124 valence electrons. The number of guanidine groups is 1. The molecular weight excluding hydrogens is 395 g/mol. The minimum atomic E-state index is 0. The molecule has 7 nitrogen and oxygen atoms in total. The Hall–Kier alpha value is -0.870. The Morgan fingerprint density at radius 1 is 1.45 bits per heavy atom. The fourth-order valence-electron chi connectivity index (χ4n) is 3.15. The van der Waals surface area contributed by atoms with Crippen LogP contribution < -0.4 is 5.32 Å². The van der Waals surface area contributed by atoms with Crippen LogP contribution in [-0.2, 0) is 6.54 Å². The number of rotatable bonds is 4. The van der Waals surface area contributed by atoms with Crippen LogP contribution in [0.1, 0.15) is 5.69 Å². The van der Waals surface area contributed by atoms with Gasteiger partial charge in [-0.2, -0.15) is 0 Å². The van der Waals surface area contributed by atoms with Gasteiger partial charge in [-0.15, -0.1) is 24.0 Å². The molecule has 22 heavy (non-hydrogen) atoms. The number of piperazine rings is 3. The van der Waals surface area contributed by atoms with Crippen LogP contribution in [0.25, 0.3) is 0 Å². The highest BCUT2D eigenvalue weighted by molar-refractivity contribution is 14.0. The van der Waals surface area contributed by atoms with E-state index in [-0.39, 0.29) is 24.0 Å². The SMILES string of the molecule is CN=C(NCC1CN2CCN1CC2)N(C)Cc1ccon1.I. The Kier molecular flexibility index (Phi) is 6.45. The highest BCUT2D eigenvalue weighted by Gasteiger charge is 2.31. The molecule has 3 fully saturated rings. The molecule has 1 atom stereocenters. The van der Waals surface area contributed by atoms with Gasteiger partial charge in [0.2, 0.25) is 0 Å². The number of nitrogens with one attached hydrogen (secondary N) is 1. The fourth-order valence-corrected chi connectivity index (χ4v) is 3.15. The Bertz CT molecular complexity index is 472. The van der Waals surface area contributed by atoms with E-state index in [1.807, 2.05) is 20.2 Å². The smallest absolute Gasteiger partial charge is 0.193 e. The zero-order valence-corrected chi connectivity index (χ0v) is 15.6. The molecule has 3 aliphatic rings. The molecule has 3 saturated heterocycles. The summed E-state index contributed by atoms with van der Waals surface area (Å²) >= 11 is 0. The largest absolute Gasteiger partial charge is 0.364 e. The molecule has 0 aliphatic carbocycles. The average Bonchev–Trinajstić information content (AvgIpc) is 3.02. The Labute approximate surface area is 148 Å². The van der Waals surface area contributed by atoms with Crippen LogP contribution in [0, 0.1) is 0 Å². The van der Waals surface area contributed by atoms with Gasteiger partial charge in [0.05, 0.1) is 6.54 Å². The predicted octanol–water partition coefficient (Wildman–Crippen LogP) is 0.300. The predicted molar refractivity (Wildman–Crippen MR) is 96.5 cm³/mol. The molecule has 3 aliphatic heterocycles. The Balaban J connectivity index is 0.00000176. The van der Waals surface area contributed by atoms with Crippen LogP contribution in [0.5, 0.6) is 0 Å². The van der Waals surface area contributed by atoms with Gasteiger partial charge in [0.25, 0.3) is 0 Å². The van der Waals surface area contributed by atoms with Gasteiger partial charge in [-0.25, -0.2) is 0 Å². The maximum Gasteiger partial charge on any atom is 0.193 e. The first-order chi connectivity index (χ1) is 10.3. The summed E-state index contributed by atoms with van der Waals surface area (Å²) in [5, 5.41) is 7.43. The number of hydrogen-bond acceptors (Lipinski definition) is 5. The summed E-state index contributed by atoms with van der Waals surface area (Å²) in [7, 11) is 3.83. The summed E-state index contributed by atoms with van der Waals surface area (Å²) in [6, 6.07) is 2.47. The first kappa shape index (κ1) is 17.5. The number of halogens is 1. The van der Waals surface area contributed by atoms with Crippen LogP contribution in [0.15, 0.2) is 21.8 Å². The quantitative estimate of drug-likeness (QED) is 0.430. The van der Waals surface area contributed by atoms with E-state index in [9.17, 15) is 0 Å². The molecular formula is C14H25IN6O. The molecule has 4 heterocycles. The number of aromatic nitrogens is 1. The number of hydrogen-bond donors (Lipinski definition) is 1. The van der Waals surface area contributed by atoms with Gasteiger partial charge in [-0.05, 0) is 0 Å². The van der Waals surface area contributed by atoms with Gasteiger partial charge in [0.15, 0.2) is 5.96 Å². The monoisotopic (exact) mass is 420 g/mol. The van der Waals surface area contributed by atoms with E-state index in [2.05, 4.69) is 30.2 Å². The van der Waals surface area contributed by atoms with Gasteiger partial charge in [0, 0.05) is 65.5 Å². The molecule has 1 N–H and O–H groups in total. The lowest BCUT2D eigenvalue weighted by molar-refractivity contribution is 0.0152. The molecule has 2 bridgehead atoms.